The third kappa shape index (κ3) is 2.19. The van der Waals surface area contributed by atoms with Crippen LogP contribution >= 0.6 is 0 Å². The topological polar surface area (TPSA) is 76.7 Å². The van der Waals surface area contributed by atoms with Crippen LogP contribution in [0.25, 0.3) is 11.2 Å². The van der Waals surface area contributed by atoms with Gasteiger partial charge in [-0.2, -0.15) is 0 Å². The van der Waals surface area contributed by atoms with Gasteiger partial charge in [0.25, 0.3) is 0 Å². The maximum Gasteiger partial charge on any atom is 0.180 e. The smallest absolute Gasteiger partial charge is 0.180 e. The Kier molecular flexibility index (Phi) is 2.60. The molecule has 0 spiro atoms. The van der Waals surface area contributed by atoms with Gasteiger partial charge in [-0.1, -0.05) is 0 Å². The van der Waals surface area contributed by atoms with Crippen LogP contribution in [0.15, 0.2) is 24.5 Å². The van der Waals surface area contributed by atoms with Crippen LogP contribution in [0.5, 0.6) is 0 Å². The van der Waals surface area contributed by atoms with Gasteiger partial charge in [0.1, 0.15) is 11.3 Å². The molecule has 1 saturated carbocycles. The molecule has 3 N–H and O–H groups in total. The minimum absolute atomic E-state index is 0.330. The summed E-state index contributed by atoms with van der Waals surface area (Å²) >= 11 is 0. The van der Waals surface area contributed by atoms with Gasteiger partial charge in [0.05, 0.1) is 0 Å². The molecule has 1 atom stereocenters. The number of nitrogens with two attached hydrogens (primary N) is 1. The molecule has 5 nitrogen and oxygen atoms in total. The third-order valence-corrected chi connectivity index (χ3v) is 3.11. The lowest BCUT2D eigenvalue weighted by Crippen LogP contribution is -2.31. The molecule has 2 heterocycles. The second-order valence-corrected chi connectivity index (χ2v) is 4.42. The Bertz CT molecular complexity index is 523. The standard InChI is InChI=1S/C12H15N5/c13-7-10(8-1-2-8)16-11-4-3-9-12(17-11)15-6-5-14-9/h3-6,8,10H,1-2,7,13H2,(H,15,16,17). The monoisotopic (exact) mass is 229 g/mol. The van der Waals surface area contributed by atoms with E-state index >= 15 is 0 Å². The van der Waals surface area contributed by atoms with Crippen LogP contribution in [0, 0.1) is 5.92 Å². The molecule has 17 heavy (non-hydrogen) atoms. The first-order valence-electron chi connectivity index (χ1n) is 5.91. The summed E-state index contributed by atoms with van der Waals surface area (Å²) in [5, 5.41) is 3.38. The minimum Gasteiger partial charge on any atom is -0.366 e. The molecular weight excluding hydrogens is 214 g/mol. The number of nitrogens with zero attached hydrogens (tertiary/aromatic N) is 3. The quantitative estimate of drug-likeness (QED) is 0.823. The van der Waals surface area contributed by atoms with Gasteiger partial charge in [-0.3, -0.25) is 4.98 Å². The van der Waals surface area contributed by atoms with Crippen molar-refractivity contribution in [2.24, 2.45) is 11.7 Å². The van der Waals surface area contributed by atoms with Crippen LogP contribution in [-0.2, 0) is 0 Å². The Labute approximate surface area is 99.5 Å². The van der Waals surface area contributed by atoms with Crippen molar-refractivity contribution in [1.29, 1.82) is 0 Å². The summed E-state index contributed by atoms with van der Waals surface area (Å²) in [4.78, 5) is 12.8. The van der Waals surface area contributed by atoms with Crippen molar-refractivity contribution in [3.05, 3.63) is 24.5 Å². The SMILES string of the molecule is NCC(Nc1ccc2nccnc2n1)C1CC1. The molecule has 1 aliphatic carbocycles. The molecule has 0 aromatic carbocycles. The lowest BCUT2D eigenvalue weighted by atomic mass is 10.2. The first-order chi connectivity index (χ1) is 8.36. The molecule has 0 aliphatic heterocycles. The highest BCUT2D eigenvalue weighted by Gasteiger charge is 2.30. The first-order valence-corrected chi connectivity index (χ1v) is 5.91. The van der Waals surface area contributed by atoms with Gasteiger partial charge < -0.3 is 11.1 Å². The van der Waals surface area contributed by atoms with Gasteiger partial charge >= 0.3 is 0 Å². The van der Waals surface area contributed by atoms with E-state index in [-0.39, 0.29) is 0 Å². The van der Waals surface area contributed by atoms with E-state index in [1.165, 1.54) is 12.8 Å². The van der Waals surface area contributed by atoms with Crippen molar-refractivity contribution < 1.29 is 0 Å². The molecule has 2 aromatic heterocycles. The number of pyridine rings is 1. The summed E-state index contributed by atoms with van der Waals surface area (Å²) in [5.74, 6) is 1.54. The number of anilines is 1. The summed E-state index contributed by atoms with van der Waals surface area (Å²) in [6, 6.07) is 4.19. The number of nitrogens with one attached hydrogen (secondary N) is 1. The summed E-state index contributed by atoms with van der Waals surface area (Å²) < 4.78 is 0. The molecule has 0 bridgehead atoms. The van der Waals surface area contributed by atoms with E-state index in [0.717, 1.165) is 11.3 Å². The van der Waals surface area contributed by atoms with Crippen molar-refractivity contribution in [3.8, 4) is 0 Å². The number of hydrogen-bond acceptors (Lipinski definition) is 5. The van der Waals surface area contributed by atoms with E-state index in [0.29, 0.717) is 24.2 Å². The van der Waals surface area contributed by atoms with Crippen LogP contribution in [0.4, 0.5) is 5.82 Å². The van der Waals surface area contributed by atoms with E-state index in [9.17, 15) is 0 Å². The molecule has 1 aliphatic rings. The summed E-state index contributed by atoms with van der Waals surface area (Å²) in [7, 11) is 0. The highest BCUT2D eigenvalue weighted by molar-refractivity contribution is 5.71. The largest absolute Gasteiger partial charge is 0.366 e. The zero-order valence-electron chi connectivity index (χ0n) is 9.50. The zero-order chi connectivity index (χ0) is 11.7. The van der Waals surface area contributed by atoms with Gasteiger partial charge in [0, 0.05) is 25.0 Å². The third-order valence-electron chi connectivity index (χ3n) is 3.11. The van der Waals surface area contributed by atoms with Crippen molar-refractivity contribution in [1.82, 2.24) is 15.0 Å². The normalized spacial score (nSPS) is 17.0. The maximum absolute atomic E-state index is 5.76. The van der Waals surface area contributed by atoms with Crippen molar-refractivity contribution >= 4 is 17.0 Å². The van der Waals surface area contributed by atoms with Crippen molar-refractivity contribution in [2.75, 3.05) is 11.9 Å². The highest BCUT2D eigenvalue weighted by Crippen LogP contribution is 2.33. The molecular formula is C12H15N5. The number of rotatable bonds is 4. The number of fused-ring (bicyclic) bond motifs is 1. The average Bonchev–Trinajstić information content (AvgIpc) is 3.20. The summed E-state index contributed by atoms with van der Waals surface area (Å²) in [6.45, 7) is 0.644. The molecule has 3 rings (SSSR count). The van der Waals surface area contributed by atoms with Crippen LogP contribution in [0.1, 0.15) is 12.8 Å². The Balaban J connectivity index is 1.84. The Morgan fingerprint density at radius 2 is 2.12 bits per heavy atom. The fourth-order valence-electron chi connectivity index (χ4n) is 1.99. The fraction of sp³-hybridized carbons (Fsp3) is 0.417. The van der Waals surface area contributed by atoms with E-state index in [1.807, 2.05) is 12.1 Å². The second kappa shape index (κ2) is 4.25. The predicted octanol–water partition coefficient (Wildman–Crippen LogP) is 1.17. The van der Waals surface area contributed by atoms with Crippen molar-refractivity contribution in [3.63, 3.8) is 0 Å². The van der Waals surface area contributed by atoms with E-state index < -0.39 is 0 Å². The molecule has 0 amide bonds. The maximum atomic E-state index is 5.76. The summed E-state index contributed by atoms with van der Waals surface area (Å²) in [5.41, 5.74) is 7.24. The molecule has 88 valence electrons. The predicted molar refractivity (Wildman–Crippen MR) is 66.5 cm³/mol. The number of aromatic nitrogens is 3. The molecule has 0 radical (unpaired) electrons. The molecule has 1 unspecified atom stereocenters. The van der Waals surface area contributed by atoms with Crippen LogP contribution in [-0.4, -0.2) is 27.5 Å². The van der Waals surface area contributed by atoms with Gasteiger partial charge in [0.2, 0.25) is 0 Å². The van der Waals surface area contributed by atoms with E-state index in [1.54, 1.807) is 12.4 Å². The average molecular weight is 229 g/mol. The number of hydrogen-bond donors (Lipinski definition) is 2. The van der Waals surface area contributed by atoms with Gasteiger partial charge in [0.15, 0.2) is 5.65 Å². The van der Waals surface area contributed by atoms with Crippen LogP contribution < -0.4 is 11.1 Å². The fourth-order valence-corrected chi connectivity index (χ4v) is 1.99. The molecule has 1 fully saturated rings. The zero-order valence-corrected chi connectivity index (χ0v) is 9.50. The van der Waals surface area contributed by atoms with Gasteiger partial charge in [-0.15, -0.1) is 0 Å². The van der Waals surface area contributed by atoms with Gasteiger partial charge in [-0.05, 0) is 30.9 Å². The van der Waals surface area contributed by atoms with Crippen molar-refractivity contribution in [2.45, 2.75) is 18.9 Å². The Hall–Kier alpha value is -1.75. The van der Waals surface area contributed by atoms with E-state index in [2.05, 4.69) is 20.3 Å². The second-order valence-electron chi connectivity index (χ2n) is 4.42. The summed E-state index contributed by atoms with van der Waals surface area (Å²) in [6.07, 6.45) is 5.86. The molecule has 0 saturated heterocycles. The molecule has 5 heteroatoms. The van der Waals surface area contributed by atoms with Gasteiger partial charge in [-0.25, -0.2) is 9.97 Å². The lowest BCUT2D eigenvalue weighted by Gasteiger charge is -2.16. The van der Waals surface area contributed by atoms with E-state index in [4.69, 9.17) is 5.73 Å². The molecule has 2 aromatic rings. The Morgan fingerprint density at radius 3 is 2.88 bits per heavy atom. The highest BCUT2D eigenvalue weighted by atomic mass is 15.1. The minimum atomic E-state index is 0.330. The Morgan fingerprint density at radius 1 is 1.29 bits per heavy atom. The first kappa shape index (κ1) is 10.4. The van der Waals surface area contributed by atoms with Crippen LogP contribution in [0.3, 0.4) is 0 Å². The van der Waals surface area contributed by atoms with Crippen LogP contribution in [0.2, 0.25) is 0 Å². The lowest BCUT2D eigenvalue weighted by molar-refractivity contribution is 0.643.